The molecule has 2 aliphatic rings. The second kappa shape index (κ2) is 11.3. The maximum absolute atomic E-state index is 13.1. The average molecular weight is 484 g/mol. The first-order valence-electron chi connectivity index (χ1n) is 12.0. The molecule has 9 nitrogen and oxygen atoms in total. The topological polar surface area (TPSA) is 99.2 Å². The number of ether oxygens (including phenoxy) is 4. The summed E-state index contributed by atoms with van der Waals surface area (Å²) >= 11 is 0. The van der Waals surface area contributed by atoms with Crippen molar-refractivity contribution in [3.63, 3.8) is 0 Å². The Bertz CT molecular complexity index is 1030. The van der Waals surface area contributed by atoms with Crippen molar-refractivity contribution in [3.8, 4) is 23.0 Å². The van der Waals surface area contributed by atoms with E-state index in [1.807, 2.05) is 6.07 Å². The van der Waals surface area contributed by atoms with E-state index in [0.717, 1.165) is 0 Å². The van der Waals surface area contributed by atoms with Gasteiger partial charge in [-0.2, -0.15) is 0 Å². The molecule has 2 heterocycles. The van der Waals surface area contributed by atoms with Gasteiger partial charge in [-0.05, 0) is 30.9 Å². The van der Waals surface area contributed by atoms with Gasteiger partial charge in [-0.25, -0.2) is 4.98 Å². The van der Waals surface area contributed by atoms with E-state index in [2.05, 4.69) is 10.3 Å². The third kappa shape index (κ3) is 5.61. The lowest BCUT2D eigenvalue weighted by Gasteiger charge is -2.22. The number of nitrogens with zero attached hydrogens (tertiary/aromatic N) is 2. The van der Waals surface area contributed by atoms with Crippen molar-refractivity contribution in [2.45, 2.75) is 38.5 Å². The Morgan fingerprint density at radius 2 is 1.77 bits per heavy atom. The molecule has 1 saturated heterocycles. The summed E-state index contributed by atoms with van der Waals surface area (Å²) in [5.74, 6) is 1.83. The van der Waals surface area contributed by atoms with Crippen LogP contribution in [0, 0.1) is 11.8 Å². The van der Waals surface area contributed by atoms with Gasteiger partial charge in [0.25, 0.3) is 0 Å². The Labute approximate surface area is 205 Å². The quantitative estimate of drug-likeness (QED) is 0.574. The molecule has 1 atom stereocenters. The smallest absolute Gasteiger partial charge is 0.231 e. The van der Waals surface area contributed by atoms with Crippen molar-refractivity contribution in [2.24, 2.45) is 11.8 Å². The second-order valence-corrected chi connectivity index (χ2v) is 8.94. The Morgan fingerprint density at radius 1 is 1.06 bits per heavy atom. The average Bonchev–Trinajstić information content (AvgIpc) is 3.29. The van der Waals surface area contributed by atoms with Gasteiger partial charge in [-0.15, -0.1) is 0 Å². The number of nitrogens with one attached hydrogen (secondary N) is 1. The lowest BCUT2D eigenvalue weighted by atomic mass is 9.90. The summed E-state index contributed by atoms with van der Waals surface area (Å²) in [4.78, 5) is 31.8. The SMILES string of the molecule is COc1cc(N2CC(C(=O)Nc3ncccc3OCC3CCCCC3)CC2=O)cc(OC)c1OC. The predicted octanol–water partition coefficient (Wildman–Crippen LogP) is 4.06. The number of carbonyl (C=O) groups excluding carboxylic acids is 2. The molecule has 2 amide bonds. The number of hydrogen-bond donors (Lipinski definition) is 1. The molecular weight excluding hydrogens is 450 g/mol. The highest BCUT2D eigenvalue weighted by atomic mass is 16.5. The highest BCUT2D eigenvalue weighted by molar-refractivity contribution is 6.03. The number of aromatic nitrogens is 1. The maximum Gasteiger partial charge on any atom is 0.231 e. The normalized spacial score (nSPS) is 18.3. The van der Waals surface area contributed by atoms with Crippen molar-refractivity contribution in [3.05, 3.63) is 30.5 Å². The van der Waals surface area contributed by atoms with Crippen molar-refractivity contribution < 1.29 is 28.5 Å². The summed E-state index contributed by atoms with van der Waals surface area (Å²) in [6.07, 6.45) is 7.81. The molecule has 1 aromatic carbocycles. The van der Waals surface area contributed by atoms with Crippen LogP contribution >= 0.6 is 0 Å². The van der Waals surface area contributed by atoms with Gasteiger partial charge < -0.3 is 29.2 Å². The first-order chi connectivity index (χ1) is 17.0. The highest BCUT2D eigenvalue weighted by Crippen LogP contribution is 2.42. The highest BCUT2D eigenvalue weighted by Gasteiger charge is 2.36. The minimum Gasteiger partial charge on any atom is -0.493 e. The molecule has 9 heteroatoms. The molecule has 35 heavy (non-hydrogen) atoms. The largest absolute Gasteiger partial charge is 0.493 e. The number of amides is 2. The number of rotatable bonds is 9. The number of methoxy groups -OCH3 is 3. The number of carbonyl (C=O) groups is 2. The van der Waals surface area contributed by atoms with E-state index in [4.69, 9.17) is 18.9 Å². The van der Waals surface area contributed by atoms with E-state index in [9.17, 15) is 9.59 Å². The molecule has 2 aromatic rings. The van der Waals surface area contributed by atoms with E-state index >= 15 is 0 Å². The van der Waals surface area contributed by atoms with Crippen LogP contribution in [0.3, 0.4) is 0 Å². The maximum atomic E-state index is 13.1. The van der Waals surface area contributed by atoms with Gasteiger partial charge in [0.2, 0.25) is 17.6 Å². The second-order valence-electron chi connectivity index (χ2n) is 8.94. The standard InChI is InChI=1S/C26H33N3O6/c1-32-21-13-19(14-22(33-2)24(21)34-3)29-15-18(12-23(29)30)26(31)28-25-20(10-7-11-27-25)35-16-17-8-5-4-6-9-17/h7,10-11,13-14,17-18H,4-6,8-9,12,15-16H2,1-3H3,(H,27,28,31). The zero-order valence-electron chi connectivity index (χ0n) is 20.5. The fraction of sp³-hybridized carbons (Fsp3) is 0.500. The molecule has 0 radical (unpaired) electrons. The first kappa shape index (κ1) is 24.6. The van der Waals surface area contributed by atoms with Crippen LogP contribution in [-0.4, -0.2) is 51.3 Å². The van der Waals surface area contributed by atoms with E-state index in [1.54, 1.807) is 29.3 Å². The van der Waals surface area contributed by atoms with Crippen LogP contribution in [0.2, 0.25) is 0 Å². The van der Waals surface area contributed by atoms with Crippen LogP contribution in [0.15, 0.2) is 30.5 Å². The molecule has 0 bridgehead atoms. The zero-order valence-corrected chi connectivity index (χ0v) is 20.5. The molecule has 0 spiro atoms. The monoisotopic (exact) mass is 483 g/mol. The van der Waals surface area contributed by atoms with Crippen LogP contribution < -0.4 is 29.2 Å². The van der Waals surface area contributed by atoms with Crippen molar-refractivity contribution >= 4 is 23.3 Å². The summed E-state index contributed by atoms with van der Waals surface area (Å²) in [7, 11) is 4.56. The minimum absolute atomic E-state index is 0.0909. The molecule has 1 saturated carbocycles. The van der Waals surface area contributed by atoms with Gasteiger partial charge in [-0.3, -0.25) is 9.59 Å². The van der Waals surface area contributed by atoms with Gasteiger partial charge in [0.05, 0.1) is 39.5 Å². The van der Waals surface area contributed by atoms with E-state index in [1.165, 1.54) is 53.4 Å². The summed E-state index contributed by atoms with van der Waals surface area (Å²) in [6.45, 7) is 0.847. The van der Waals surface area contributed by atoms with Gasteiger partial charge in [-0.1, -0.05) is 19.3 Å². The predicted molar refractivity (Wildman–Crippen MR) is 131 cm³/mol. The summed E-state index contributed by atoms with van der Waals surface area (Å²) in [6, 6.07) is 7.01. The lowest BCUT2D eigenvalue weighted by molar-refractivity contribution is -0.122. The molecule has 1 aliphatic heterocycles. The van der Waals surface area contributed by atoms with Crippen molar-refractivity contribution in [2.75, 3.05) is 44.7 Å². The Kier molecular flexibility index (Phi) is 7.94. The fourth-order valence-electron chi connectivity index (χ4n) is 4.74. The molecule has 188 valence electrons. The number of anilines is 2. The summed E-state index contributed by atoms with van der Waals surface area (Å²) in [5, 5.41) is 2.87. The minimum atomic E-state index is -0.533. The van der Waals surface area contributed by atoms with Crippen LogP contribution in [0.25, 0.3) is 0 Å². The Balaban J connectivity index is 1.44. The molecule has 2 fully saturated rings. The van der Waals surface area contributed by atoms with Crippen molar-refractivity contribution in [1.29, 1.82) is 0 Å². The fourth-order valence-corrected chi connectivity index (χ4v) is 4.74. The lowest BCUT2D eigenvalue weighted by Crippen LogP contribution is -2.28. The number of hydrogen-bond acceptors (Lipinski definition) is 7. The van der Waals surface area contributed by atoms with E-state index in [-0.39, 0.29) is 24.8 Å². The zero-order chi connectivity index (χ0) is 24.8. The van der Waals surface area contributed by atoms with E-state index < -0.39 is 5.92 Å². The molecule has 1 aromatic heterocycles. The van der Waals surface area contributed by atoms with Crippen LogP contribution in [0.1, 0.15) is 38.5 Å². The Hall–Kier alpha value is -3.49. The number of benzene rings is 1. The van der Waals surface area contributed by atoms with Gasteiger partial charge in [0, 0.05) is 31.3 Å². The number of pyridine rings is 1. The molecule has 1 unspecified atom stereocenters. The molecular formula is C26H33N3O6. The van der Waals surface area contributed by atoms with Gasteiger partial charge in [0.15, 0.2) is 23.1 Å². The third-order valence-electron chi connectivity index (χ3n) is 6.67. The molecule has 1 aliphatic carbocycles. The third-order valence-corrected chi connectivity index (χ3v) is 6.67. The molecule has 4 rings (SSSR count). The summed E-state index contributed by atoms with van der Waals surface area (Å²) in [5.41, 5.74) is 0.578. The van der Waals surface area contributed by atoms with Gasteiger partial charge >= 0.3 is 0 Å². The van der Waals surface area contributed by atoms with Gasteiger partial charge in [0.1, 0.15) is 0 Å². The summed E-state index contributed by atoms with van der Waals surface area (Å²) < 4.78 is 22.2. The Morgan fingerprint density at radius 3 is 2.43 bits per heavy atom. The van der Waals surface area contributed by atoms with Crippen LogP contribution in [0.5, 0.6) is 23.0 Å². The van der Waals surface area contributed by atoms with E-state index in [0.29, 0.717) is 47.0 Å². The van der Waals surface area contributed by atoms with Crippen molar-refractivity contribution in [1.82, 2.24) is 4.98 Å². The van der Waals surface area contributed by atoms with Crippen LogP contribution in [0.4, 0.5) is 11.5 Å². The molecule has 1 N–H and O–H groups in total. The first-order valence-corrected chi connectivity index (χ1v) is 12.0. The van der Waals surface area contributed by atoms with Crippen LogP contribution in [-0.2, 0) is 9.59 Å².